The van der Waals surface area contributed by atoms with Crippen molar-refractivity contribution in [1.82, 2.24) is 19.7 Å². The first-order chi connectivity index (χ1) is 7.72. The highest BCUT2D eigenvalue weighted by Crippen LogP contribution is 2.07. The van der Waals surface area contributed by atoms with Crippen LogP contribution < -0.4 is 5.73 Å². The quantitative estimate of drug-likeness (QED) is 0.321. The molecule has 2 heterocycles. The molecule has 0 spiro atoms. The van der Waals surface area contributed by atoms with Crippen molar-refractivity contribution in [2.45, 2.75) is 6.92 Å². The van der Waals surface area contributed by atoms with Gasteiger partial charge in [0, 0.05) is 18.6 Å². The van der Waals surface area contributed by atoms with Crippen molar-refractivity contribution < 1.29 is 5.21 Å². The van der Waals surface area contributed by atoms with Gasteiger partial charge in [0.2, 0.25) is 0 Å². The van der Waals surface area contributed by atoms with Crippen LogP contribution in [0.25, 0.3) is 5.82 Å². The van der Waals surface area contributed by atoms with E-state index in [1.165, 1.54) is 17.1 Å². The van der Waals surface area contributed by atoms with E-state index in [0.717, 1.165) is 5.69 Å². The maximum absolute atomic E-state index is 8.63. The van der Waals surface area contributed by atoms with Gasteiger partial charge in [-0.2, -0.15) is 5.10 Å². The molecule has 0 fully saturated rings. The van der Waals surface area contributed by atoms with Gasteiger partial charge in [0.1, 0.15) is 0 Å². The standard InChI is InChI=1S/C9H10N6O/c1-6-2-5-15(13-6)9-7(8(10)14-16)11-3-4-12-9/h2-5,16H,1H3,(H2,10,14). The Morgan fingerprint density at radius 2 is 2.19 bits per heavy atom. The summed E-state index contributed by atoms with van der Waals surface area (Å²) < 4.78 is 1.52. The summed E-state index contributed by atoms with van der Waals surface area (Å²) in [5.74, 6) is 0.321. The Labute approximate surface area is 91.2 Å². The third-order valence-corrected chi connectivity index (χ3v) is 1.97. The van der Waals surface area contributed by atoms with Gasteiger partial charge in [-0.15, -0.1) is 0 Å². The van der Waals surface area contributed by atoms with E-state index in [9.17, 15) is 0 Å². The van der Waals surface area contributed by atoms with E-state index < -0.39 is 0 Å². The summed E-state index contributed by atoms with van der Waals surface area (Å²) in [5.41, 5.74) is 6.62. The second kappa shape index (κ2) is 3.97. The molecule has 0 bridgehead atoms. The molecule has 0 aromatic carbocycles. The van der Waals surface area contributed by atoms with Crippen LogP contribution in [0.5, 0.6) is 0 Å². The number of nitrogens with zero attached hydrogens (tertiary/aromatic N) is 5. The highest BCUT2D eigenvalue weighted by molar-refractivity contribution is 5.97. The van der Waals surface area contributed by atoms with Crippen molar-refractivity contribution in [3.63, 3.8) is 0 Å². The molecular formula is C9H10N6O. The maximum atomic E-state index is 8.63. The number of hydrogen-bond acceptors (Lipinski definition) is 5. The number of nitrogens with two attached hydrogens (primary N) is 1. The average molecular weight is 218 g/mol. The molecule has 0 aliphatic rings. The van der Waals surface area contributed by atoms with E-state index in [1.807, 2.05) is 13.0 Å². The lowest BCUT2D eigenvalue weighted by Gasteiger charge is -2.04. The van der Waals surface area contributed by atoms with Crippen molar-refractivity contribution in [3.8, 4) is 5.82 Å². The molecule has 16 heavy (non-hydrogen) atoms. The zero-order chi connectivity index (χ0) is 11.5. The third kappa shape index (κ3) is 1.70. The van der Waals surface area contributed by atoms with Crippen LogP contribution in [0.15, 0.2) is 29.8 Å². The number of hydrogen-bond donors (Lipinski definition) is 2. The largest absolute Gasteiger partial charge is 0.409 e. The predicted octanol–water partition coefficient (Wildman–Crippen LogP) is 0.0652. The lowest BCUT2D eigenvalue weighted by atomic mass is 10.4. The molecule has 0 aliphatic heterocycles. The van der Waals surface area contributed by atoms with Crippen molar-refractivity contribution in [3.05, 3.63) is 36.0 Å². The molecule has 0 radical (unpaired) electrons. The van der Waals surface area contributed by atoms with E-state index in [0.29, 0.717) is 5.82 Å². The predicted molar refractivity (Wildman–Crippen MR) is 56.4 cm³/mol. The van der Waals surface area contributed by atoms with Crippen LogP contribution in [-0.2, 0) is 0 Å². The van der Waals surface area contributed by atoms with Gasteiger partial charge in [-0.3, -0.25) is 0 Å². The minimum atomic E-state index is -0.101. The molecule has 7 heteroatoms. The molecule has 0 saturated heterocycles. The van der Waals surface area contributed by atoms with Crippen molar-refractivity contribution in [2.24, 2.45) is 10.9 Å². The minimum Gasteiger partial charge on any atom is -0.409 e. The summed E-state index contributed by atoms with van der Waals surface area (Å²) in [6, 6.07) is 1.82. The molecule has 3 N–H and O–H groups in total. The number of amidine groups is 1. The van der Waals surface area contributed by atoms with Crippen LogP contribution in [0.3, 0.4) is 0 Å². The van der Waals surface area contributed by atoms with Gasteiger partial charge in [0.15, 0.2) is 17.3 Å². The lowest BCUT2D eigenvalue weighted by molar-refractivity contribution is 0.318. The molecule has 0 atom stereocenters. The summed E-state index contributed by atoms with van der Waals surface area (Å²) in [6.45, 7) is 1.86. The van der Waals surface area contributed by atoms with Crippen LogP contribution in [0.1, 0.15) is 11.4 Å². The fourth-order valence-electron chi connectivity index (χ4n) is 1.26. The molecule has 0 amide bonds. The van der Waals surface area contributed by atoms with E-state index in [4.69, 9.17) is 10.9 Å². The molecule has 0 saturated carbocycles. The maximum Gasteiger partial charge on any atom is 0.192 e. The Kier molecular flexibility index (Phi) is 2.50. The van der Waals surface area contributed by atoms with Gasteiger partial charge in [-0.25, -0.2) is 14.6 Å². The topological polar surface area (TPSA) is 102 Å². The molecule has 2 rings (SSSR count). The number of aromatic nitrogens is 4. The van der Waals surface area contributed by atoms with Crippen molar-refractivity contribution in [2.75, 3.05) is 0 Å². The van der Waals surface area contributed by atoms with E-state index >= 15 is 0 Å². The van der Waals surface area contributed by atoms with Gasteiger partial charge < -0.3 is 10.9 Å². The van der Waals surface area contributed by atoms with Crippen molar-refractivity contribution in [1.29, 1.82) is 0 Å². The van der Waals surface area contributed by atoms with Crippen LogP contribution in [0.4, 0.5) is 0 Å². The Bertz CT molecular complexity index is 532. The fourth-order valence-corrected chi connectivity index (χ4v) is 1.26. The summed E-state index contributed by atoms with van der Waals surface area (Å²) >= 11 is 0. The van der Waals surface area contributed by atoms with E-state index in [-0.39, 0.29) is 11.5 Å². The van der Waals surface area contributed by atoms with Crippen molar-refractivity contribution >= 4 is 5.84 Å². The minimum absolute atomic E-state index is 0.101. The van der Waals surface area contributed by atoms with Gasteiger partial charge in [0.05, 0.1) is 5.69 Å². The first-order valence-electron chi connectivity index (χ1n) is 4.54. The molecule has 2 aromatic rings. The summed E-state index contributed by atoms with van der Waals surface area (Å²) in [7, 11) is 0. The molecular weight excluding hydrogens is 208 g/mol. The van der Waals surface area contributed by atoms with Gasteiger partial charge in [-0.1, -0.05) is 5.16 Å². The zero-order valence-corrected chi connectivity index (χ0v) is 8.57. The van der Waals surface area contributed by atoms with E-state index in [1.54, 1.807) is 6.20 Å². The number of aryl methyl sites for hydroxylation is 1. The van der Waals surface area contributed by atoms with Gasteiger partial charge in [0.25, 0.3) is 0 Å². The molecule has 2 aromatic heterocycles. The number of rotatable bonds is 2. The molecule has 7 nitrogen and oxygen atoms in total. The monoisotopic (exact) mass is 218 g/mol. The normalized spacial score (nSPS) is 11.7. The van der Waals surface area contributed by atoms with Crippen LogP contribution in [-0.4, -0.2) is 30.8 Å². The fraction of sp³-hybridized carbons (Fsp3) is 0.111. The summed E-state index contributed by atoms with van der Waals surface area (Å²) in [6.07, 6.45) is 4.71. The van der Waals surface area contributed by atoms with Gasteiger partial charge in [-0.05, 0) is 13.0 Å². The van der Waals surface area contributed by atoms with Gasteiger partial charge >= 0.3 is 0 Å². The SMILES string of the molecule is Cc1ccn(-c2nccnc2C(N)=NO)n1. The molecule has 82 valence electrons. The Morgan fingerprint density at radius 1 is 1.44 bits per heavy atom. The van der Waals surface area contributed by atoms with Crippen LogP contribution >= 0.6 is 0 Å². The molecule has 0 unspecified atom stereocenters. The smallest absolute Gasteiger partial charge is 0.192 e. The third-order valence-electron chi connectivity index (χ3n) is 1.97. The van der Waals surface area contributed by atoms with Crippen LogP contribution in [0.2, 0.25) is 0 Å². The second-order valence-corrected chi connectivity index (χ2v) is 3.12. The highest BCUT2D eigenvalue weighted by atomic mass is 16.4. The number of oxime groups is 1. The zero-order valence-electron chi connectivity index (χ0n) is 8.57. The first kappa shape index (κ1) is 10.1. The highest BCUT2D eigenvalue weighted by Gasteiger charge is 2.11. The summed E-state index contributed by atoms with van der Waals surface area (Å²) in [5, 5.41) is 15.7. The molecule has 0 aliphatic carbocycles. The van der Waals surface area contributed by atoms with Crippen LogP contribution in [0, 0.1) is 6.92 Å². The first-order valence-corrected chi connectivity index (χ1v) is 4.54. The average Bonchev–Trinajstić information content (AvgIpc) is 2.75. The Balaban J connectivity index is 2.57. The second-order valence-electron chi connectivity index (χ2n) is 3.12. The van der Waals surface area contributed by atoms with E-state index in [2.05, 4.69) is 20.2 Å². The summed E-state index contributed by atoms with van der Waals surface area (Å²) in [4.78, 5) is 8.09. The Hall–Kier alpha value is -2.44. The lowest BCUT2D eigenvalue weighted by Crippen LogP contribution is -2.19. The Morgan fingerprint density at radius 3 is 2.81 bits per heavy atom.